The average Bonchev–Trinajstić information content (AvgIpc) is 2.81. The third-order valence-corrected chi connectivity index (χ3v) is 4.50. The minimum absolute atomic E-state index is 0.0109. The maximum atomic E-state index is 14.6. The number of hydrazine groups is 1. The number of nitrogens with one attached hydrogen (secondary N) is 1. The predicted octanol–water partition coefficient (Wildman–Crippen LogP) is 0.973. The van der Waals surface area contributed by atoms with Crippen LogP contribution >= 0.6 is 0 Å². The van der Waals surface area contributed by atoms with Crippen LogP contribution in [-0.2, 0) is 30.2 Å². The number of carbonyl (C=O) groups is 1. The quantitative estimate of drug-likeness (QED) is 0.790. The molecule has 0 fully saturated rings. The number of fused-ring (bicyclic) bond motifs is 3. The summed E-state index contributed by atoms with van der Waals surface area (Å²) >= 11 is 0. The molecule has 0 aliphatic carbocycles. The van der Waals surface area contributed by atoms with Gasteiger partial charge in [-0.2, -0.15) is 13.9 Å². The second-order valence-electron chi connectivity index (χ2n) is 6.16. The van der Waals surface area contributed by atoms with Gasteiger partial charge in [0.2, 0.25) is 0 Å². The van der Waals surface area contributed by atoms with Crippen molar-refractivity contribution in [2.75, 3.05) is 20.2 Å². The molecule has 1 atom stereocenters. The van der Waals surface area contributed by atoms with Crippen LogP contribution in [-0.4, -0.2) is 41.1 Å². The number of nitrogens with zero attached hydrogens (tertiary/aromatic N) is 3. The number of alkyl halides is 2. The number of ether oxygens (including phenoxy) is 1. The van der Waals surface area contributed by atoms with Crippen molar-refractivity contribution in [2.24, 2.45) is 11.8 Å². The Bertz CT molecular complexity index is 604. The Labute approximate surface area is 132 Å². The van der Waals surface area contributed by atoms with Crippen LogP contribution in [0.4, 0.5) is 13.6 Å². The number of hydrogen-bond acceptors (Lipinski definition) is 5. The van der Waals surface area contributed by atoms with Crippen molar-refractivity contribution in [1.29, 1.82) is 0 Å². The van der Waals surface area contributed by atoms with Gasteiger partial charge in [0, 0.05) is 44.6 Å². The summed E-state index contributed by atoms with van der Waals surface area (Å²) in [5, 5.41) is 8.51. The van der Waals surface area contributed by atoms with Crippen LogP contribution in [0.15, 0.2) is 0 Å². The van der Waals surface area contributed by atoms with Gasteiger partial charge in [0.1, 0.15) is 5.69 Å². The molecule has 0 spiro atoms. The number of hydrogen-bond donors (Lipinski definition) is 2. The highest BCUT2D eigenvalue weighted by atomic mass is 19.3. The molecule has 0 saturated heterocycles. The zero-order valence-corrected chi connectivity index (χ0v) is 13.0. The standard InChI is InChI=1S/C14H21F2N5O2/c1-23-13(22)18-6-9-2-4-14(15,16)12-10-8-20(17)5-3-11(10)19-21(12)7-9/h9H,2-8,17H2,1H3,(H,18,22). The second kappa shape index (κ2) is 6.04. The molecule has 23 heavy (non-hydrogen) atoms. The predicted molar refractivity (Wildman–Crippen MR) is 77.6 cm³/mol. The zero-order valence-electron chi connectivity index (χ0n) is 13.0. The van der Waals surface area contributed by atoms with Crippen molar-refractivity contribution < 1.29 is 18.3 Å². The Balaban J connectivity index is 1.85. The van der Waals surface area contributed by atoms with E-state index < -0.39 is 12.0 Å². The molecule has 0 aromatic carbocycles. The molecule has 1 aromatic heterocycles. The van der Waals surface area contributed by atoms with Crippen molar-refractivity contribution in [3.8, 4) is 0 Å². The maximum absolute atomic E-state index is 14.6. The van der Waals surface area contributed by atoms with Crippen molar-refractivity contribution in [3.63, 3.8) is 0 Å². The van der Waals surface area contributed by atoms with E-state index >= 15 is 0 Å². The Kier molecular flexibility index (Phi) is 4.24. The maximum Gasteiger partial charge on any atom is 0.406 e. The summed E-state index contributed by atoms with van der Waals surface area (Å²) in [4.78, 5) is 11.2. The van der Waals surface area contributed by atoms with E-state index in [1.165, 1.54) is 11.8 Å². The van der Waals surface area contributed by atoms with E-state index in [1.54, 1.807) is 5.01 Å². The summed E-state index contributed by atoms with van der Waals surface area (Å²) in [5.74, 6) is 2.74. The van der Waals surface area contributed by atoms with Gasteiger partial charge in [0.15, 0.2) is 0 Å². The van der Waals surface area contributed by atoms with Crippen LogP contribution in [0.3, 0.4) is 0 Å². The largest absolute Gasteiger partial charge is 0.453 e. The SMILES string of the molecule is COC(=O)NCC1CCC(F)(F)c2c3c(nn2C1)CCN(N)C3. The third-order valence-electron chi connectivity index (χ3n) is 4.50. The van der Waals surface area contributed by atoms with Crippen molar-refractivity contribution >= 4 is 6.09 Å². The molecule has 0 saturated carbocycles. The van der Waals surface area contributed by atoms with E-state index in [4.69, 9.17) is 5.84 Å². The minimum atomic E-state index is -2.93. The molecular weight excluding hydrogens is 308 g/mol. The molecular formula is C14H21F2N5O2. The number of nitrogens with two attached hydrogens (primary N) is 1. The van der Waals surface area contributed by atoms with Crippen LogP contribution in [0.1, 0.15) is 29.8 Å². The molecule has 9 heteroatoms. The lowest BCUT2D eigenvalue weighted by Crippen LogP contribution is -2.36. The van der Waals surface area contributed by atoms with Crippen molar-refractivity contribution in [3.05, 3.63) is 17.0 Å². The van der Waals surface area contributed by atoms with Crippen LogP contribution in [0.25, 0.3) is 0 Å². The summed E-state index contributed by atoms with van der Waals surface area (Å²) < 4.78 is 35.2. The Morgan fingerprint density at radius 2 is 2.35 bits per heavy atom. The number of rotatable bonds is 2. The van der Waals surface area contributed by atoms with Gasteiger partial charge in [0.05, 0.1) is 12.8 Å². The first-order valence-corrected chi connectivity index (χ1v) is 7.69. The van der Waals surface area contributed by atoms with Gasteiger partial charge < -0.3 is 10.1 Å². The van der Waals surface area contributed by atoms with Crippen molar-refractivity contribution in [2.45, 2.75) is 38.3 Å². The molecule has 128 valence electrons. The van der Waals surface area contributed by atoms with Gasteiger partial charge >= 0.3 is 6.09 Å². The normalized spacial score (nSPS) is 23.6. The molecule has 3 N–H and O–H groups in total. The van der Waals surface area contributed by atoms with Crippen LogP contribution in [0.5, 0.6) is 0 Å². The number of alkyl carbamates (subject to hydrolysis) is 1. The Hall–Kier alpha value is -1.74. The topological polar surface area (TPSA) is 85.4 Å². The van der Waals surface area contributed by atoms with E-state index in [0.29, 0.717) is 43.7 Å². The van der Waals surface area contributed by atoms with Gasteiger partial charge in [-0.3, -0.25) is 10.5 Å². The fourth-order valence-corrected chi connectivity index (χ4v) is 3.30. The summed E-state index contributed by atoms with van der Waals surface area (Å²) in [5.41, 5.74) is 1.26. The van der Waals surface area contributed by atoms with Gasteiger partial charge in [-0.1, -0.05) is 0 Å². The van der Waals surface area contributed by atoms with E-state index in [1.807, 2.05) is 0 Å². The molecule has 0 bridgehead atoms. The van der Waals surface area contributed by atoms with E-state index in [9.17, 15) is 13.6 Å². The molecule has 1 unspecified atom stereocenters. The van der Waals surface area contributed by atoms with Crippen molar-refractivity contribution in [1.82, 2.24) is 20.1 Å². The first-order valence-electron chi connectivity index (χ1n) is 7.69. The summed E-state index contributed by atoms with van der Waals surface area (Å²) in [7, 11) is 1.27. The van der Waals surface area contributed by atoms with Gasteiger partial charge in [0.25, 0.3) is 5.92 Å². The molecule has 1 aromatic rings. The van der Waals surface area contributed by atoms with E-state index in [-0.39, 0.29) is 24.6 Å². The van der Waals surface area contributed by atoms with Gasteiger partial charge in [-0.25, -0.2) is 9.80 Å². The molecule has 0 radical (unpaired) electrons. The zero-order chi connectivity index (χ0) is 16.6. The number of methoxy groups -OCH3 is 1. The average molecular weight is 329 g/mol. The lowest BCUT2D eigenvalue weighted by molar-refractivity contribution is -0.0219. The molecule has 7 nitrogen and oxygen atoms in total. The molecule has 3 rings (SSSR count). The third kappa shape index (κ3) is 3.16. The lowest BCUT2D eigenvalue weighted by atomic mass is 9.98. The number of carbonyl (C=O) groups excluding carboxylic acids is 1. The number of aromatic nitrogens is 2. The monoisotopic (exact) mass is 329 g/mol. The van der Waals surface area contributed by atoms with E-state index in [0.717, 1.165) is 0 Å². The molecule has 2 aliphatic heterocycles. The van der Waals surface area contributed by atoms with E-state index in [2.05, 4.69) is 15.2 Å². The molecule has 1 amide bonds. The number of amides is 1. The highest BCUT2D eigenvalue weighted by Gasteiger charge is 2.43. The van der Waals surface area contributed by atoms with Crippen LogP contribution in [0, 0.1) is 5.92 Å². The minimum Gasteiger partial charge on any atom is -0.453 e. The van der Waals surface area contributed by atoms with Gasteiger partial charge in [-0.05, 0) is 12.3 Å². The van der Waals surface area contributed by atoms with Crippen LogP contribution < -0.4 is 11.2 Å². The van der Waals surface area contributed by atoms with Crippen LogP contribution in [0.2, 0.25) is 0 Å². The number of halogens is 2. The lowest BCUT2D eigenvalue weighted by Gasteiger charge is -2.23. The second-order valence-corrected chi connectivity index (χ2v) is 6.16. The fourth-order valence-electron chi connectivity index (χ4n) is 3.30. The Morgan fingerprint density at radius 3 is 3.09 bits per heavy atom. The Morgan fingerprint density at radius 1 is 1.57 bits per heavy atom. The fraction of sp³-hybridized carbons (Fsp3) is 0.714. The molecule has 2 aliphatic rings. The smallest absolute Gasteiger partial charge is 0.406 e. The summed E-state index contributed by atoms with van der Waals surface area (Å²) in [6, 6.07) is 0. The summed E-state index contributed by atoms with van der Waals surface area (Å²) in [6.07, 6.45) is 0.0669. The first kappa shape index (κ1) is 16.1. The highest BCUT2D eigenvalue weighted by molar-refractivity contribution is 5.66. The van der Waals surface area contributed by atoms with Gasteiger partial charge in [-0.15, -0.1) is 0 Å². The first-order chi connectivity index (χ1) is 10.9. The molecule has 3 heterocycles. The highest BCUT2D eigenvalue weighted by Crippen LogP contribution is 2.41. The summed E-state index contributed by atoms with van der Waals surface area (Å²) in [6.45, 7) is 1.55.